The highest BCUT2D eigenvalue weighted by atomic mass is 16.6. The highest BCUT2D eigenvalue weighted by Crippen LogP contribution is 2.17. The molecule has 0 spiro atoms. The Morgan fingerprint density at radius 1 is 1.24 bits per heavy atom. The molecule has 0 unspecified atom stereocenters. The van der Waals surface area contributed by atoms with Crippen LogP contribution in [0, 0.1) is 16.7 Å². The summed E-state index contributed by atoms with van der Waals surface area (Å²) in [6.45, 7) is 6.84. The summed E-state index contributed by atoms with van der Waals surface area (Å²) in [6, 6.07) is 12.5. The molecule has 2 aromatic carbocycles. The summed E-state index contributed by atoms with van der Waals surface area (Å²) in [5.41, 5.74) is 1.60. The molecule has 0 fully saturated rings. The molecule has 21 heavy (non-hydrogen) atoms. The molecule has 0 heterocycles. The molecule has 1 N–H and O–H groups in total. The Morgan fingerprint density at radius 3 is 2.57 bits per heavy atom. The number of carbonyl (C=O) groups is 1. The number of benzene rings is 2. The fourth-order valence-electron chi connectivity index (χ4n) is 1.79. The molecule has 6 heteroatoms. The van der Waals surface area contributed by atoms with Gasteiger partial charge < -0.3 is 5.32 Å². The van der Waals surface area contributed by atoms with Crippen molar-refractivity contribution in [2.75, 3.05) is 5.32 Å². The lowest BCUT2D eigenvalue weighted by Crippen LogP contribution is -2.14. The van der Waals surface area contributed by atoms with Gasteiger partial charge in [0.25, 0.3) is 5.69 Å². The van der Waals surface area contributed by atoms with Gasteiger partial charge in [-0.2, -0.15) is 0 Å². The number of carbonyl (C=O) groups excluding carboxylic acids is 1. The second kappa shape index (κ2) is 6.30. The van der Waals surface area contributed by atoms with Crippen molar-refractivity contribution in [1.29, 1.82) is 0 Å². The van der Waals surface area contributed by atoms with Crippen molar-refractivity contribution >= 4 is 23.0 Å². The molecule has 0 bridgehead atoms. The molecule has 0 aliphatic heterocycles. The number of nitro groups is 1. The maximum atomic E-state index is 11.9. The van der Waals surface area contributed by atoms with Crippen molar-refractivity contribution in [2.45, 2.75) is 6.42 Å². The number of hydrogen-bond donors (Lipinski definition) is 1. The molecular weight excluding hydrogens is 270 g/mol. The third-order valence-corrected chi connectivity index (χ3v) is 2.77. The lowest BCUT2D eigenvalue weighted by Gasteiger charge is -2.05. The predicted molar refractivity (Wildman–Crippen MR) is 78.1 cm³/mol. The first kappa shape index (κ1) is 14.2. The minimum Gasteiger partial charge on any atom is -0.326 e. The first-order valence-electron chi connectivity index (χ1n) is 6.09. The van der Waals surface area contributed by atoms with E-state index in [0.29, 0.717) is 16.9 Å². The molecule has 104 valence electrons. The van der Waals surface area contributed by atoms with Crippen LogP contribution in [0.1, 0.15) is 5.56 Å². The molecule has 0 aromatic heterocycles. The zero-order valence-electron chi connectivity index (χ0n) is 10.9. The van der Waals surface area contributed by atoms with Crippen LogP contribution >= 0.6 is 0 Å². The lowest BCUT2D eigenvalue weighted by molar-refractivity contribution is -0.384. The highest BCUT2D eigenvalue weighted by Gasteiger charge is 2.09. The zero-order chi connectivity index (χ0) is 15.2. The van der Waals surface area contributed by atoms with Gasteiger partial charge in [-0.05, 0) is 17.7 Å². The number of non-ortho nitro benzene ring substituents is 1. The van der Waals surface area contributed by atoms with Crippen LogP contribution < -0.4 is 5.32 Å². The molecule has 2 aromatic rings. The van der Waals surface area contributed by atoms with Crippen LogP contribution in [0.5, 0.6) is 0 Å². The van der Waals surface area contributed by atoms with Crippen LogP contribution in [0.3, 0.4) is 0 Å². The monoisotopic (exact) mass is 281 g/mol. The average Bonchev–Trinajstić information content (AvgIpc) is 2.48. The summed E-state index contributed by atoms with van der Waals surface area (Å²) >= 11 is 0. The minimum absolute atomic E-state index is 0.0401. The topological polar surface area (TPSA) is 76.6 Å². The molecule has 0 saturated heterocycles. The fourth-order valence-corrected chi connectivity index (χ4v) is 1.79. The predicted octanol–water partition coefficient (Wildman–Crippen LogP) is 3.33. The number of rotatable bonds is 4. The largest absolute Gasteiger partial charge is 0.326 e. The van der Waals surface area contributed by atoms with Gasteiger partial charge in [0.1, 0.15) is 0 Å². The number of nitro benzene ring substituents is 1. The van der Waals surface area contributed by atoms with Crippen molar-refractivity contribution in [3.8, 4) is 0 Å². The van der Waals surface area contributed by atoms with E-state index in [-0.39, 0.29) is 18.0 Å². The first-order valence-corrected chi connectivity index (χ1v) is 6.09. The normalized spacial score (nSPS) is 9.67. The minimum atomic E-state index is -0.496. The first-order chi connectivity index (χ1) is 10.1. The maximum absolute atomic E-state index is 11.9. The van der Waals surface area contributed by atoms with Crippen molar-refractivity contribution in [2.24, 2.45) is 0 Å². The number of hydrogen-bond acceptors (Lipinski definition) is 3. The Kier molecular flexibility index (Phi) is 4.26. The zero-order valence-corrected chi connectivity index (χ0v) is 10.9. The Labute approximate surface area is 121 Å². The van der Waals surface area contributed by atoms with Gasteiger partial charge in [-0.25, -0.2) is 4.85 Å². The second-order valence-corrected chi connectivity index (χ2v) is 4.31. The van der Waals surface area contributed by atoms with Gasteiger partial charge in [0.05, 0.1) is 17.9 Å². The Hall–Kier alpha value is -3.20. The molecule has 0 radical (unpaired) electrons. The number of amides is 1. The van der Waals surface area contributed by atoms with E-state index in [9.17, 15) is 14.9 Å². The highest BCUT2D eigenvalue weighted by molar-refractivity contribution is 5.92. The van der Waals surface area contributed by atoms with Gasteiger partial charge in [0.15, 0.2) is 5.69 Å². The Morgan fingerprint density at radius 2 is 1.95 bits per heavy atom. The smallest absolute Gasteiger partial charge is 0.269 e. The summed E-state index contributed by atoms with van der Waals surface area (Å²) in [7, 11) is 0. The average molecular weight is 281 g/mol. The summed E-state index contributed by atoms with van der Waals surface area (Å²) in [4.78, 5) is 25.3. The van der Waals surface area contributed by atoms with Crippen LogP contribution in [0.25, 0.3) is 4.85 Å². The van der Waals surface area contributed by atoms with Crippen LogP contribution in [0.2, 0.25) is 0 Å². The van der Waals surface area contributed by atoms with Gasteiger partial charge in [-0.3, -0.25) is 14.9 Å². The summed E-state index contributed by atoms with van der Waals surface area (Å²) in [5, 5.41) is 13.3. The van der Waals surface area contributed by atoms with E-state index in [4.69, 9.17) is 6.57 Å². The van der Waals surface area contributed by atoms with Crippen LogP contribution in [-0.4, -0.2) is 10.8 Å². The Balaban J connectivity index is 2.02. The maximum Gasteiger partial charge on any atom is 0.269 e. The molecule has 6 nitrogen and oxygen atoms in total. The van der Waals surface area contributed by atoms with Crippen molar-refractivity contribution < 1.29 is 9.72 Å². The van der Waals surface area contributed by atoms with Crippen molar-refractivity contribution in [3.05, 3.63) is 75.6 Å². The fraction of sp³-hybridized carbons (Fsp3) is 0.0667. The molecule has 0 saturated carbocycles. The SMILES string of the molecule is [C-]#[N+]c1ccc(NC(=O)Cc2cccc([N+](=O)[O-])c2)cc1. The van der Waals surface area contributed by atoms with E-state index < -0.39 is 4.92 Å². The van der Waals surface area contributed by atoms with Gasteiger partial charge in [-0.1, -0.05) is 24.3 Å². The lowest BCUT2D eigenvalue weighted by atomic mass is 10.1. The van der Waals surface area contributed by atoms with E-state index in [1.165, 1.54) is 12.1 Å². The van der Waals surface area contributed by atoms with E-state index in [1.807, 2.05) is 0 Å². The summed E-state index contributed by atoms with van der Waals surface area (Å²) < 4.78 is 0. The molecule has 1 amide bonds. The van der Waals surface area contributed by atoms with Gasteiger partial charge in [-0.15, -0.1) is 0 Å². The van der Waals surface area contributed by atoms with Gasteiger partial charge in [0, 0.05) is 17.8 Å². The molecule has 0 aliphatic rings. The van der Waals surface area contributed by atoms with Crippen LogP contribution in [-0.2, 0) is 11.2 Å². The molecule has 0 aliphatic carbocycles. The molecule has 2 rings (SSSR count). The van der Waals surface area contributed by atoms with E-state index in [2.05, 4.69) is 10.2 Å². The standard InChI is InChI=1S/C15H11N3O3/c1-16-12-5-7-13(8-6-12)17-15(19)10-11-3-2-4-14(9-11)18(20)21/h2-9H,10H2,(H,17,19). The number of nitrogens with one attached hydrogen (secondary N) is 1. The Bertz CT molecular complexity index is 718. The summed E-state index contributed by atoms with van der Waals surface area (Å²) in [5.74, 6) is -0.272. The van der Waals surface area contributed by atoms with E-state index in [1.54, 1.807) is 36.4 Å². The van der Waals surface area contributed by atoms with E-state index >= 15 is 0 Å². The van der Waals surface area contributed by atoms with Gasteiger partial charge >= 0.3 is 0 Å². The van der Waals surface area contributed by atoms with Crippen LogP contribution in [0.4, 0.5) is 17.1 Å². The summed E-state index contributed by atoms with van der Waals surface area (Å²) in [6.07, 6.45) is 0.0479. The molecular formula is C15H11N3O3. The van der Waals surface area contributed by atoms with Crippen LogP contribution in [0.15, 0.2) is 48.5 Å². The third kappa shape index (κ3) is 3.88. The van der Waals surface area contributed by atoms with Gasteiger partial charge in [0.2, 0.25) is 5.91 Å². The molecule has 0 atom stereocenters. The van der Waals surface area contributed by atoms with E-state index in [0.717, 1.165) is 0 Å². The third-order valence-electron chi connectivity index (χ3n) is 2.77. The number of nitrogens with zero attached hydrogens (tertiary/aromatic N) is 2. The van der Waals surface area contributed by atoms with Crippen molar-refractivity contribution in [1.82, 2.24) is 0 Å². The quantitative estimate of drug-likeness (QED) is 0.530. The number of anilines is 1. The van der Waals surface area contributed by atoms with Crippen molar-refractivity contribution in [3.63, 3.8) is 0 Å². The second-order valence-electron chi connectivity index (χ2n) is 4.31.